The number of carbonyl (C=O) groups is 1. The molecule has 0 aliphatic carbocycles. The summed E-state index contributed by atoms with van der Waals surface area (Å²) in [4.78, 5) is 11.6. The van der Waals surface area contributed by atoms with Crippen LogP contribution in [0.2, 0.25) is 0 Å². The van der Waals surface area contributed by atoms with Gasteiger partial charge in [-0.3, -0.25) is 0 Å². The summed E-state index contributed by atoms with van der Waals surface area (Å²) in [5.41, 5.74) is -0.877. The molecular weight excluding hydrogens is 234 g/mol. The summed E-state index contributed by atoms with van der Waals surface area (Å²) in [6.07, 6.45) is 0. The maximum Gasteiger partial charge on any atom is 0.329 e. The lowest BCUT2D eigenvalue weighted by atomic mass is 10.1. The molecule has 0 radical (unpaired) electrons. The average Bonchev–Trinajstić information content (AvgIpc) is 2.44. The van der Waals surface area contributed by atoms with Crippen LogP contribution in [0.15, 0.2) is 24.3 Å². The highest BCUT2D eigenvalue weighted by atomic mass is 16.5. The quantitative estimate of drug-likeness (QED) is 0.773. The van der Waals surface area contributed by atoms with Gasteiger partial charge in [-0.05, 0) is 26.1 Å². The normalized spacial score (nSPS) is 13.6. The van der Waals surface area contributed by atoms with E-state index in [1.165, 1.54) is 7.11 Å². The highest BCUT2D eigenvalue weighted by Gasteiger charge is 2.33. The topological polar surface area (TPSA) is 56.8 Å². The molecule has 1 aromatic rings. The van der Waals surface area contributed by atoms with Gasteiger partial charge in [0.2, 0.25) is 0 Å². The van der Waals surface area contributed by atoms with E-state index in [1.54, 1.807) is 33.2 Å². The number of rotatable bonds is 6. The van der Waals surface area contributed by atoms with Crippen molar-refractivity contribution in [2.45, 2.75) is 12.5 Å². The number of nitrogens with one attached hydrogen (secondary N) is 1. The van der Waals surface area contributed by atoms with E-state index in [4.69, 9.17) is 14.2 Å². The first kappa shape index (κ1) is 14.3. The van der Waals surface area contributed by atoms with Gasteiger partial charge in [0.1, 0.15) is 23.6 Å². The summed E-state index contributed by atoms with van der Waals surface area (Å²) < 4.78 is 15.4. The molecule has 0 saturated heterocycles. The van der Waals surface area contributed by atoms with Crippen LogP contribution in [0.4, 0.5) is 0 Å². The fraction of sp³-hybridized carbons (Fsp3) is 0.462. The standard InChI is InChI=1S/C13H19NO4/c1-13(14-2,12(15)17-4)9-18-11-7-5-6-10(8-11)16-3/h5-8,14H,9H2,1-4H3. The van der Waals surface area contributed by atoms with E-state index in [0.29, 0.717) is 11.5 Å². The SMILES string of the molecule is CNC(C)(COc1cccc(OC)c1)C(=O)OC. The second kappa shape index (κ2) is 6.26. The Labute approximate surface area is 107 Å². The lowest BCUT2D eigenvalue weighted by Gasteiger charge is -2.26. The van der Waals surface area contributed by atoms with Gasteiger partial charge >= 0.3 is 5.97 Å². The molecule has 0 bridgehead atoms. The van der Waals surface area contributed by atoms with Crippen LogP contribution in [-0.4, -0.2) is 39.4 Å². The Morgan fingerprint density at radius 1 is 1.33 bits per heavy atom. The van der Waals surface area contributed by atoms with Crippen molar-refractivity contribution in [1.82, 2.24) is 5.32 Å². The third-order valence-electron chi connectivity index (χ3n) is 2.76. The lowest BCUT2D eigenvalue weighted by Crippen LogP contribution is -2.52. The zero-order chi connectivity index (χ0) is 13.6. The summed E-state index contributed by atoms with van der Waals surface area (Å²) in [6, 6.07) is 7.21. The number of benzene rings is 1. The smallest absolute Gasteiger partial charge is 0.329 e. The monoisotopic (exact) mass is 253 g/mol. The predicted molar refractivity (Wildman–Crippen MR) is 68.0 cm³/mol. The van der Waals surface area contributed by atoms with Crippen LogP contribution in [0.5, 0.6) is 11.5 Å². The van der Waals surface area contributed by atoms with E-state index in [1.807, 2.05) is 12.1 Å². The van der Waals surface area contributed by atoms with Gasteiger partial charge in [-0.2, -0.15) is 0 Å². The van der Waals surface area contributed by atoms with Crippen molar-refractivity contribution in [2.24, 2.45) is 0 Å². The van der Waals surface area contributed by atoms with E-state index in [-0.39, 0.29) is 12.6 Å². The Kier molecular flexibility index (Phi) is 4.97. The minimum absolute atomic E-state index is 0.170. The van der Waals surface area contributed by atoms with Gasteiger partial charge in [-0.15, -0.1) is 0 Å². The van der Waals surface area contributed by atoms with Crippen molar-refractivity contribution in [3.63, 3.8) is 0 Å². The van der Waals surface area contributed by atoms with Crippen molar-refractivity contribution in [3.8, 4) is 11.5 Å². The molecule has 0 aliphatic heterocycles. The van der Waals surface area contributed by atoms with E-state index >= 15 is 0 Å². The van der Waals surface area contributed by atoms with Crippen molar-refractivity contribution >= 4 is 5.97 Å². The fourth-order valence-electron chi connectivity index (χ4n) is 1.38. The van der Waals surface area contributed by atoms with E-state index in [2.05, 4.69) is 5.32 Å². The Bertz CT molecular complexity index is 408. The van der Waals surface area contributed by atoms with Gasteiger partial charge in [-0.1, -0.05) is 6.07 Å². The molecule has 0 saturated carbocycles. The van der Waals surface area contributed by atoms with Crippen LogP contribution in [0.1, 0.15) is 6.92 Å². The van der Waals surface area contributed by atoms with Crippen LogP contribution in [0.3, 0.4) is 0 Å². The lowest BCUT2D eigenvalue weighted by molar-refractivity contribution is -0.148. The first-order valence-corrected chi connectivity index (χ1v) is 5.60. The number of hydrogen-bond acceptors (Lipinski definition) is 5. The summed E-state index contributed by atoms with van der Waals surface area (Å²) in [7, 11) is 4.63. The molecular formula is C13H19NO4. The Morgan fingerprint density at radius 3 is 2.56 bits per heavy atom. The molecule has 1 N–H and O–H groups in total. The van der Waals surface area contributed by atoms with Crippen LogP contribution in [0.25, 0.3) is 0 Å². The van der Waals surface area contributed by atoms with Gasteiger partial charge in [0.05, 0.1) is 14.2 Å². The summed E-state index contributed by atoms with van der Waals surface area (Å²) in [5, 5.41) is 2.90. The third-order valence-corrected chi connectivity index (χ3v) is 2.76. The summed E-state index contributed by atoms with van der Waals surface area (Å²) in [6.45, 7) is 1.89. The van der Waals surface area contributed by atoms with Gasteiger partial charge in [-0.25, -0.2) is 4.79 Å². The molecule has 0 amide bonds. The second-order valence-corrected chi connectivity index (χ2v) is 4.04. The van der Waals surface area contributed by atoms with Gasteiger partial charge in [0.25, 0.3) is 0 Å². The van der Waals surface area contributed by atoms with Crippen molar-refractivity contribution < 1.29 is 19.0 Å². The minimum Gasteiger partial charge on any atom is -0.497 e. The van der Waals surface area contributed by atoms with Crippen LogP contribution in [-0.2, 0) is 9.53 Å². The number of likely N-dealkylation sites (N-methyl/N-ethyl adjacent to an activating group) is 1. The van der Waals surface area contributed by atoms with Crippen molar-refractivity contribution in [1.29, 1.82) is 0 Å². The summed E-state index contributed by atoms with van der Waals surface area (Å²) in [5.74, 6) is 0.976. The molecule has 5 heteroatoms. The summed E-state index contributed by atoms with van der Waals surface area (Å²) >= 11 is 0. The number of methoxy groups -OCH3 is 2. The Hall–Kier alpha value is -1.75. The van der Waals surface area contributed by atoms with Crippen molar-refractivity contribution in [2.75, 3.05) is 27.9 Å². The number of esters is 1. The zero-order valence-corrected chi connectivity index (χ0v) is 11.1. The average molecular weight is 253 g/mol. The highest BCUT2D eigenvalue weighted by Crippen LogP contribution is 2.20. The molecule has 0 aromatic heterocycles. The second-order valence-electron chi connectivity index (χ2n) is 4.04. The molecule has 5 nitrogen and oxygen atoms in total. The Morgan fingerprint density at radius 2 is 2.00 bits per heavy atom. The molecule has 1 unspecified atom stereocenters. The van der Waals surface area contributed by atoms with Crippen molar-refractivity contribution in [3.05, 3.63) is 24.3 Å². The van der Waals surface area contributed by atoms with Gasteiger partial charge < -0.3 is 19.5 Å². The fourth-order valence-corrected chi connectivity index (χ4v) is 1.38. The molecule has 1 atom stereocenters. The minimum atomic E-state index is -0.877. The van der Waals surface area contributed by atoms with Crippen LogP contribution < -0.4 is 14.8 Å². The zero-order valence-electron chi connectivity index (χ0n) is 11.1. The number of hydrogen-bond donors (Lipinski definition) is 1. The predicted octanol–water partition coefficient (Wildman–Crippen LogP) is 1.23. The number of carbonyl (C=O) groups excluding carboxylic acids is 1. The molecule has 100 valence electrons. The van der Waals surface area contributed by atoms with E-state index in [9.17, 15) is 4.79 Å². The molecule has 0 heterocycles. The first-order valence-electron chi connectivity index (χ1n) is 5.60. The third kappa shape index (κ3) is 3.37. The van der Waals surface area contributed by atoms with E-state index < -0.39 is 5.54 Å². The Balaban J connectivity index is 2.70. The van der Waals surface area contributed by atoms with E-state index in [0.717, 1.165) is 0 Å². The maximum absolute atomic E-state index is 11.6. The van der Waals surface area contributed by atoms with Gasteiger partial charge in [0, 0.05) is 6.07 Å². The van der Waals surface area contributed by atoms with Crippen LogP contribution >= 0.6 is 0 Å². The largest absolute Gasteiger partial charge is 0.497 e. The molecule has 1 aromatic carbocycles. The van der Waals surface area contributed by atoms with Gasteiger partial charge in [0.15, 0.2) is 0 Å². The first-order chi connectivity index (χ1) is 8.55. The molecule has 18 heavy (non-hydrogen) atoms. The maximum atomic E-state index is 11.6. The number of ether oxygens (including phenoxy) is 3. The van der Waals surface area contributed by atoms with Crippen LogP contribution in [0, 0.1) is 0 Å². The highest BCUT2D eigenvalue weighted by molar-refractivity contribution is 5.80. The molecule has 1 rings (SSSR count). The molecule has 0 aliphatic rings. The molecule has 0 spiro atoms. The molecule has 0 fully saturated rings.